The summed E-state index contributed by atoms with van der Waals surface area (Å²) in [5.74, 6) is 1.04. The Balaban J connectivity index is 2.16. The molecule has 0 amide bonds. The number of rotatable bonds is 8. The minimum Gasteiger partial charge on any atom is -0.493 e. The van der Waals surface area contributed by atoms with Crippen LogP contribution in [-0.4, -0.2) is 19.2 Å². The Morgan fingerprint density at radius 3 is 2.72 bits per heavy atom. The van der Waals surface area contributed by atoms with Gasteiger partial charge in [-0.1, -0.05) is 19.1 Å². The molecule has 102 valence electrons. The maximum Gasteiger partial charge on any atom is 0.122 e. The molecule has 0 aliphatic rings. The lowest BCUT2D eigenvalue weighted by atomic mass is 10.1. The van der Waals surface area contributed by atoms with Gasteiger partial charge in [-0.25, -0.2) is 0 Å². The van der Waals surface area contributed by atoms with Gasteiger partial charge in [0.25, 0.3) is 0 Å². The molecule has 0 radical (unpaired) electrons. The first-order valence-electron chi connectivity index (χ1n) is 7.17. The molecule has 0 aliphatic carbocycles. The van der Waals surface area contributed by atoms with E-state index in [1.165, 1.54) is 30.5 Å². The zero-order chi connectivity index (χ0) is 13.4. The van der Waals surface area contributed by atoms with Crippen LogP contribution in [-0.2, 0) is 0 Å². The third-order valence-electron chi connectivity index (χ3n) is 3.41. The summed E-state index contributed by atoms with van der Waals surface area (Å²) >= 11 is 0. The number of hydrogen-bond acceptors (Lipinski definition) is 1. The van der Waals surface area contributed by atoms with Gasteiger partial charge in [-0.2, -0.15) is 0 Å². The van der Waals surface area contributed by atoms with Crippen molar-refractivity contribution >= 4 is 0 Å². The first kappa shape index (κ1) is 15.0. The molecule has 1 aromatic rings. The molecule has 2 N–H and O–H groups in total. The van der Waals surface area contributed by atoms with E-state index in [1.807, 2.05) is 0 Å². The number of hydrogen-bond donors (Lipinski definition) is 1. The van der Waals surface area contributed by atoms with Gasteiger partial charge in [-0.3, -0.25) is 0 Å². The Bertz CT molecular complexity index is 349. The van der Waals surface area contributed by atoms with Crippen LogP contribution in [0.15, 0.2) is 18.2 Å². The SMILES string of the molecule is CC[C@H](C)[NH2+]CCCCOc1cc(C)ccc1C. The van der Waals surface area contributed by atoms with Gasteiger partial charge in [0.05, 0.1) is 19.2 Å². The second-order valence-corrected chi connectivity index (χ2v) is 5.23. The third kappa shape index (κ3) is 5.54. The highest BCUT2D eigenvalue weighted by atomic mass is 16.5. The standard InChI is InChI=1S/C16H27NO/c1-5-15(4)17-10-6-7-11-18-16-12-13(2)8-9-14(16)3/h8-9,12,15,17H,5-7,10-11H2,1-4H3/p+1/t15-/m0/s1. The number of unbranched alkanes of at least 4 members (excludes halogenated alkanes) is 1. The van der Waals surface area contributed by atoms with Crippen LogP contribution in [0.5, 0.6) is 5.75 Å². The van der Waals surface area contributed by atoms with Gasteiger partial charge < -0.3 is 10.1 Å². The highest BCUT2D eigenvalue weighted by molar-refractivity contribution is 5.35. The van der Waals surface area contributed by atoms with Crippen molar-refractivity contribution < 1.29 is 10.1 Å². The second kappa shape index (κ2) is 8.15. The monoisotopic (exact) mass is 250 g/mol. The van der Waals surface area contributed by atoms with Crippen molar-refractivity contribution in [2.24, 2.45) is 0 Å². The summed E-state index contributed by atoms with van der Waals surface area (Å²) in [6.07, 6.45) is 3.62. The van der Waals surface area contributed by atoms with Gasteiger partial charge in [0.2, 0.25) is 0 Å². The predicted octanol–water partition coefficient (Wildman–Crippen LogP) is 2.82. The Kier molecular flexibility index (Phi) is 6.81. The van der Waals surface area contributed by atoms with Crippen molar-refractivity contribution in [3.63, 3.8) is 0 Å². The first-order valence-corrected chi connectivity index (χ1v) is 7.17. The van der Waals surface area contributed by atoms with Gasteiger partial charge in [-0.15, -0.1) is 0 Å². The molecular weight excluding hydrogens is 222 g/mol. The molecule has 0 saturated heterocycles. The minimum atomic E-state index is 0.755. The molecule has 2 heteroatoms. The topological polar surface area (TPSA) is 25.8 Å². The summed E-state index contributed by atoms with van der Waals surface area (Å²) < 4.78 is 5.84. The quantitative estimate of drug-likeness (QED) is 0.705. The smallest absolute Gasteiger partial charge is 0.122 e. The van der Waals surface area contributed by atoms with Crippen LogP contribution in [0.1, 0.15) is 44.2 Å². The number of benzene rings is 1. The van der Waals surface area contributed by atoms with E-state index in [9.17, 15) is 0 Å². The summed E-state index contributed by atoms with van der Waals surface area (Å²) in [7, 11) is 0. The van der Waals surface area contributed by atoms with Gasteiger partial charge in [0.15, 0.2) is 0 Å². The number of aryl methyl sites for hydroxylation is 2. The fourth-order valence-corrected chi connectivity index (χ4v) is 1.86. The van der Waals surface area contributed by atoms with Crippen molar-refractivity contribution in [1.29, 1.82) is 0 Å². The Morgan fingerprint density at radius 1 is 1.22 bits per heavy atom. The largest absolute Gasteiger partial charge is 0.493 e. The molecular formula is C16H28NO+. The molecule has 1 aromatic carbocycles. The molecule has 0 heterocycles. The zero-order valence-electron chi connectivity index (χ0n) is 12.3. The van der Waals surface area contributed by atoms with Crippen LogP contribution in [0, 0.1) is 13.8 Å². The molecule has 0 unspecified atom stereocenters. The first-order chi connectivity index (χ1) is 8.63. The average molecular weight is 250 g/mol. The van der Waals surface area contributed by atoms with Crippen molar-refractivity contribution in [2.75, 3.05) is 13.2 Å². The number of ether oxygens (including phenoxy) is 1. The van der Waals surface area contributed by atoms with Crippen molar-refractivity contribution in [3.05, 3.63) is 29.3 Å². The average Bonchev–Trinajstić information content (AvgIpc) is 2.37. The van der Waals surface area contributed by atoms with Crippen LogP contribution < -0.4 is 10.1 Å². The molecule has 0 fully saturated rings. The molecule has 0 aromatic heterocycles. The van der Waals surface area contributed by atoms with Crippen LogP contribution in [0.3, 0.4) is 0 Å². The van der Waals surface area contributed by atoms with E-state index >= 15 is 0 Å². The third-order valence-corrected chi connectivity index (χ3v) is 3.41. The molecule has 0 saturated carbocycles. The summed E-state index contributed by atoms with van der Waals surface area (Å²) in [6.45, 7) is 10.8. The fourth-order valence-electron chi connectivity index (χ4n) is 1.86. The normalized spacial score (nSPS) is 12.4. The minimum absolute atomic E-state index is 0.755. The fraction of sp³-hybridized carbons (Fsp3) is 0.625. The van der Waals surface area contributed by atoms with E-state index in [1.54, 1.807) is 0 Å². The van der Waals surface area contributed by atoms with Crippen molar-refractivity contribution in [1.82, 2.24) is 0 Å². The second-order valence-electron chi connectivity index (χ2n) is 5.23. The highest BCUT2D eigenvalue weighted by Crippen LogP contribution is 2.19. The predicted molar refractivity (Wildman–Crippen MR) is 77.2 cm³/mol. The number of quaternary nitrogens is 1. The van der Waals surface area contributed by atoms with E-state index < -0.39 is 0 Å². The lowest BCUT2D eigenvalue weighted by Gasteiger charge is -2.10. The van der Waals surface area contributed by atoms with Gasteiger partial charge in [-0.05, 0) is 57.2 Å². The van der Waals surface area contributed by atoms with E-state index in [0.717, 1.165) is 24.8 Å². The van der Waals surface area contributed by atoms with Crippen LogP contribution in [0.4, 0.5) is 0 Å². The van der Waals surface area contributed by atoms with E-state index in [0.29, 0.717) is 0 Å². The summed E-state index contributed by atoms with van der Waals surface area (Å²) in [6, 6.07) is 7.13. The number of nitrogens with two attached hydrogens (primary N) is 1. The summed E-state index contributed by atoms with van der Waals surface area (Å²) in [5.41, 5.74) is 2.49. The Morgan fingerprint density at radius 2 is 2.00 bits per heavy atom. The van der Waals surface area contributed by atoms with Crippen LogP contribution in [0.25, 0.3) is 0 Å². The molecule has 0 spiro atoms. The molecule has 0 bridgehead atoms. The van der Waals surface area contributed by atoms with Gasteiger partial charge in [0, 0.05) is 0 Å². The maximum atomic E-state index is 5.84. The van der Waals surface area contributed by atoms with Gasteiger partial charge >= 0.3 is 0 Å². The lowest BCUT2D eigenvalue weighted by molar-refractivity contribution is -0.686. The molecule has 2 nitrogen and oxygen atoms in total. The highest BCUT2D eigenvalue weighted by Gasteiger charge is 2.01. The Hall–Kier alpha value is -1.02. The van der Waals surface area contributed by atoms with Crippen LogP contribution in [0.2, 0.25) is 0 Å². The maximum absolute atomic E-state index is 5.84. The molecule has 1 rings (SSSR count). The summed E-state index contributed by atoms with van der Waals surface area (Å²) in [5, 5.41) is 2.43. The Labute approximate surface area is 112 Å². The van der Waals surface area contributed by atoms with E-state index in [-0.39, 0.29) is 0 Å². The van der Waals surface area contributed by atoms with Crippen molar-refractivity contribution in [2.45, 2.75) is 53.0 Å². The summed E-state index contributed by atoms with van der Waals surface area (Å²) in [4.78, 5) is 0. The van der Waals surface area contributed by atoms with E-state index in [4.69, 9.17) is 4.74 Å². The van der Waals surface area contributed by atoms with Crippen molar-refractivity contribution in [3.8, 4) is 5.75 Å². The van der Waals surface area contributed by atoms with Crippen LogP contribution >= 0.6 is 0 Å². The van der Waals surface area contributed by atoms with E-state index in [2.05, 4.69) is 51.2 Å². The van der Waals surface area contributed by atoms with Gasteiger partial charge in [0.1, 0.15) is 5.75 Å². The zero-order valence-corrected chi connectivity index (χ0v) is 12.3. The lowest BCUT2D eigenvalue weighted by Crippen LogP contribution is -2.89. The molecule has 1 atom stereocenters. The molecule has 0 aliphatic heterocycles. The molecule has 18 heavy (non-hydrogen) atoms.